The molecule has 0 aliphatic heterocycles. The molecule has 1 rings (SSSR count). The summed E-state index contributed by atoms with van der Waals surface area (Å²) in [5.74, 6) is -2.91. The van der Waals surface area contributed by atoms with E-state index < -0.39 is 5.92 Å². The topological polar surface area (TPSA) is 26.0 Å². The first-order chi connectivity index (χ1) is 6.45. The van der Waals surface area contributed by atoms with Crippen LogP contribution in [-0.2, 0) is 5.92 Å². The van der Waals surface area contributed by atoms with Gasteiger partial charge in [-0.2, -0.15) is 0 Å². The lowest BCUT2D eigenvalue weighted by Crippen LogP contribution is -2.18. The first-order valence-electron chi connectivity index (χ1n) is 4.00. The summed E-state index contributed by atoms with van der Waals surface area (Å²) < 4.78 is 27.3. The molecule has 1 nitrogen and oxygen atoms in total. The molecule has 0 bridgehead atoms. The van der Waals surface area contributed by atoms with E-state index in [0.717, 1.165) is 0 Å². The Hall–Kier alpha value is -0.190. The van der Waals surface area contributed by atoms with Gasteiger partial charge in [0.2, 0.25) is 0 Å². The van der Waals surface area contributed by atoms with Crippen LogP contribution in [0.1, 0.15) is 12.0 Å². The Kier molecular flexibility index (Phi) is 3.86. The average molecular weight is 285 g/mol. The molecule has 14 heavy (non-hydrogen) atoms. The molecule has 0 heterocycles. The van der Waals surface area contributed by atoms with Crippen LogP contribution in [0, 0.1) is 0 Å². The van der Waals surface area contributed by atoms with E-state index in [1.54, 1.807) is 6.07 Å². The predicted molar refractivity (Wildman–Crippen MR) is 56.7 cm³/mol. The maximum Gasteiger partial charge on any atom is 0.274 e. The summed E-state index contributed by atoms with van der Waals surface area (Å²) in [6.45, 7) is -0.0584. The average Bonchev–Trinajstić information content (AvgIpc) is 2.02. The van der Waals surface area contributed by atoms with Crippen molar-refractivity contribution < 1.29 is 8.78 Å². The fraction of sp³-hybridized carbons (Fsp3) is 0.333. The molecule has 0 spiro atoms. The number of benzene rings is 1. The number of alkyl halides is 2. The van der Waals surface area contributed by atoms with Gasteiger partial charge in [0.05, 0.1) is 0 Å². The van der Waals surface area contributed by atoms with E-state index in [1.807, 2.05) is 0 Å². The maximum absolute atomic E-state index is 13.4. The molecule has 0 atom stereocenters. The normalized spacial score (nSPS) is 11.8. The van der Waals surface area contributed by atoms with Crippen molar-refractivity contribution in [3.63, 3.8) is 0 Å². The van der Waals surface area contributed by atoms with Gasteiger partial charge in [-0.05, 0) is 24.7 Å². The highest BCUT2D eigenvalue weighted by atomic mass is 79.9. The van der Waals surface area contributed by atoms with E-state index in [4.69, 9.17) is 17.3 Å². The van der Waals surface area contributed by atoms with E-state index in [1.165, 1.54) is 12.1 Å². The molecule has 0 aliphatic carbocycles. The second-order valence-electron chi connectivity index (χ2n) is 2.90. The molecule has 0 amide bonds. The smallest absolute Gasteiger partial charge is 0.274 e. The zero-order valence-electron chi connectivity index (χ0n) is 7.24. The highest BCUT2D eigenvalue weighted by Crippen LogP contribution is 2.34. The summed E-state index contributed by atoms with van der Waals surface area (Å²) in [6, 6.07) is 4.16. The molecular formula is C9H9BrClF2N. The van der Waals surface area contributed by atoms with Crippen LogP contribution in [0.15, 0.2) is 22.7 Å². The zero-order chi connectivity index (χ0) is 10.8. The third-order valence-electron chi connectivity index (χ3n) is 1.74. The highest BCUT2D eigenvalue weighted by Gasteiger charge is 2.30. The molecule has 78 valence electrons. The maximum atomic E-state index is 13.4. The third-order valence-corrected chi connectivity index (χ3v) is 2.42. The quantitative estimate of drug-likeness (QED) is 0.902. The van der Waals surface area contributed by atoms with Crippen LogP contribution in [0.4, 0.5) is 8.78 Å². The van der Waals surface area contributed by atoms with E-state index in [-0.39, 0.29) is 23.6 Å². The Balaban J connectivity index is 3.05. The number of nitrogens with two attached hydrogens (primary N) is 1. The van der Waals surface area contributed by atoms with Crippen LogP contribution >= 0.6 is 27.5 Å². The van der Waals surface area contributed by atoms with Crippen LogP contribution in [0.5, 0.6) is 0 Å². The number of hydrogen-bond acceptors (Lipinski definition) is 1. The second-order valence-corrected chi connectivity index (χ2v) is 4.25. The van der Waals surface area contributed by atoms with E-state index >= 15 is 0 Å². The molecule has 1 aromatic rings. The van der Waals surface area contributed by atoms with Gasteiger partial charge in [0, 0.05) is 21.5 Å². The molecule has 0 aliphatic rings. The Morgan fingerprint density at radius 1 is 1.36 bits per heavy atom. The number of halogens is 4. The molecule has 0 unspecified atom stereocenters. The van der Waals surface area contributed by atoms with E-state index in [2.05, 4.69) is 15.9 Å². The summed E-state index contributed by atoms with van der Waals surface area (Å²) in [7, 11) is 0. The van der Waals surface area contributed by atoms with Crippen molar-refractivity contribution in [1.29, 1.82) is 0 Å². The molecule has 0 fully saturated rings. The van der Waals surface area contributed by atoms with Crippen molar-refractivity contribution in [1.82, 2.24) is 0 Å². The first kappa shape index (κ1) is 11.9. The number of hydrogen-bond donors (Lipinski definition) is 1. The summed E-state index contributed by atoms with van der Waals surface area (Å²) in [5, 5.41) is 0.283. The molecular weight excluding hydrogens is 275 g/mol. The van der Waals surface area contributed by atoms with Gasteiger partial charge in [0.25, 0.3) is 5.92 Å². The van der Waals surface area contributed by atoms with Gasteiger partial charge in [-0.1, -0.05) is 27.5 Å². The highest BCUT2D eigenvalue weighted by molar-refractivity contribution is 9.10. The molecule has 2 N–H and O–H groups in total. The van der Waals surface area contributed by atoms with Gasteiger partial charge >= 0.3 is 0 Å². The summed E-state index contributed by atoms with van der Waals surface area (Å²) in [4.78, 5) is 0. The molecule has 0 saturated heterocycles. The second kappa shape index (κ2) is 4.55. The largest absolute Gasteiger partial charge is 0.330 e. The van der Waals surface area contributed by atoms with Gasteiger partial charge in [0.1, 0.15) is 0 Å². The van der Waals surface area contributed by atoms with Crippen molar-refractivity contribution in [2.24, 2.45) is 5.73 Å². The fourth-order valence-electron chi connectivity index (χ4n) is 1.09. The van der Waals surface area contributed by atoms with E-state index in [0.29, 0.717) is 4.47 Å². The first-order valence-corrected chi connectivity index (χ1v) is 5.17. The molecule has 1 aromatic carbocycles. The monoisotopic (exact) mass is 283 g/mol. The van der Waals surface area contributed by atoms with Crippen LogP contribution in [-0.4, -0.2) is 6.54 Å². The van der Waals surface area contributed by atoms with Crippen molar-refractivity contribution in [2.75, 3.05) is 6.54 Å². The SMILES string of the molecule is NCCC(F)(F)c1cc(Cl)cc(Br)c1. The minimum atomic E-state index is -2.91. The fourth-order valence-corrected chi connectivity index (χ4v) is 1.95. The van der Waals surface area contributed by atoms with Crippen LogP contribution in [0.2, 0.25) is 5.02 Å². The minimum absolute atomic E-state index is 0.0584. The zero-order valence-corrected chi connectivity index (χ0v) is 9.58. The van der Waals surface area contributed by atoms with Gasteiger partial charge in [-0.15, -0.1) is 0 Å². The standard InChI is InChI=1S/C9H9BrClF2N/c10-7-3-6(4-8(11)5-7)9(12,13)1-2-14/h3-5H,1-2,14H2. The summed E-state index contributed by atoms with van der Waals surface area (Å²) in [6.07, 6.45) is -0.375. The molecule has 0 radical (unpaired) electrons. The van der Waals surface area contributed by atoms with Gasteiger partial charge < -0.3 is 5.73 Å². The Bertz CT molecular complexity index is 310. The van der Waals surface area contributed by atoms with Crippen LogP contribution < -0.4 is 5.73 Å². The third kappa shape index (κ3) is 2.90. The minimum Gasteiger partial charge on any atom is -0.330 e. The van der Waals surface area contributed by atoms with Crippen LogP contribution in [0.25, 0.3) is 0 Å². The predicted octanol–water partition coefficient (Wildman–Crippen LogP) is 3.54. The lowest BCUT2D eigenvalue weighted by Gasteiger charge is -2.16. The van der Waals surface area contributed by atoms with Crippen molar-refractivity contribution in [2.45, 2.75) is 12.3 Å². The van der Waals surface area contributed by atoms with Crippen LogP contribution in [0.3, 0.4) is 0 Å². The lowest BCUT2D eigenvalue weighted by molar-refractivity contribution is -0.0107. The Morgan fingerprint density at radius 3 is 2.50 bits per heavy atom. The van der Waals surface area contributed by atoms with Gasteiger partial charge in [-0.3, -0.25) is 0 Å². The lowest BCUT2D eigenvalue weighted by atomic mass is 10.1. The van der Waals surface area contributed by atoms with Crippen molar-refractivity contribution >= 4 is 27.5 Å². The van der Waals surface area contributed by atoms with Crippen molar-refractivity contribution in [3.05, 3.63) is 33.3 Å². The Labute approximate surface area is 94.4 Å². The Morgan fingerprint density at radius 2 is 2.00 bits per heavy atom. The van der Waals surface area contributed by atoms with Gasteiger partial charge in [0.15, 0.2) is 0 Å². The summed E-state index contributed by atoms with van der Waals surface area (Å²) in [5.41, 5.74) is 4.99. The van der Waals surface area contributed by atoms with Gasteiger partial charge in [-0.25, -0.2) is 8.78 Å². The van der Waals surface area contributed by atoms with E-state index in [9.17, 15) is 8.78 Å². The number of rotatable bonds is 3. The summed E-state index contributed by atoms with van der Waals surface area (Å²) >= 11 is 8.77. The molecule has 5 heteroatoms. The van der Waals surface area contributed by atoms with Crippen molar-refractivity contribution in [3.8, 4) is 0 Å². The molecule has 0 saturated carbocycles. The molecule has 0 aromatic heterocycles.